The molecular weight excluding hydrogens is 291 g/mol. The van der Waals surface area contributed by atoms with Crippen molar-refractivity contribution in [2.75, 3.05) is 14.2 Å². The van der Waals surface area contributed by atoms with Crippen molar-refractivity contribution in [1.82, 2.24) is 0 Å². The second-order valence-electron chi connectivity index (χ2n) is 4.27. The van der Waals surface area contributed by atoms with E-state index in [4.69, 9.17) is 4.74 Å². The highest BCUT2D eigenvalue weighted by Crippen LogP contribution is 2.25. The number of halogens is 1. The number of benzene rings is 2. The molecule has 0 atom stereocenters. The molecule has 0 spiro atoms. The van der Waals surface area contributed by atoms with Crippen LogP contribution in [0, 0.1) is 5.82 Å². The third-order valence-electron chi connectivity index (χ3n) is 2.91. The van der Waals surface area contributed by atoms with Crippen molar-refractivity contribution in [1.29, 1.82) is 0 Å². The molecule has 0 aliphatic rings. The highest BCUT2D eigenvalue weighted by molar-refractivity contribution is 7.98. The van der Waals surface area contributed by atoms with Crippen LogP contribution in [-0.2, 0) is 10.5 Å². The molecule has 0 heterocycles. The fourth-order valence-corrected chi connectivity index (χ4v) is 2.63. The second-order valence-corrected chi connectivity index (χ2v) is 5.32. The van der Waals surface area contributed by atoms with Crippen LogP contribution in [0.5, 0.6) is 5.75 Å². The largest absolute Gasteiger partial charge is 0.497 e. The van der Waals surface area contributed by atoms with E-state index in [0.29, 0.717) is 5.75 Å². The molecule has 110 valence electrons. The van der Waals surface area contributed by atoms with Crippen LogP contribution < -0.4 is 4.74 Å². The summed E-state index contributed by atoms with van der Waals surface area (Å²) in [6.07, 6.45) is 0. The number of carbonyl (C=O) groups excluding carboxylic acids is 1. The first kappa shape index (κ1) is 15.4. The number of methoxy groups -OCH3 is 2. The fourth-order valence-electron chi connectivity index (χ4n) is 1.75. The molecule has 2 rings (SSSR count). The number of hydrogen-bond donors (Lipinski definition) is 0. The molecule has 2 aromatic carbocycles. The molecule has 0 aliphatic heterocycles. The maximum Gasteiger partial charge on any atom is 0.340 e. The minimum Gasteiger partial charge on any atom is -0.497 e. The predicted molar refractivity (Wildman–Crippen MR) is 80.3 cm³/mol. The molecule has 0 aromatic heterocycles. The first-order valence-corrected chi connectivity index (χ1v) is 7.26. The minimum atomic E-state index is -0.667. The van der Waals surface area contributed by atoms with Crippen LogP contribution in [-0.4, -0.2) is 20.2 Å². The van der Waals surface area contributed by atoms with Crippen LogP contribution in [0.25, 0.3) is 0 Å². The number of rotatable bonds is 5. The molecule has 21 heavy (non-hydrogen) atoms. The zero-order chi connectivity index (χ0) is 15.2. The van der Waals surface area contributed by atoms with Crippen molar-refractivity contribution in [2.45, 2.75) is 10.6 Å². The number of ether oxygens (including phenoxy) is 2. The molecule has 0 saturated heterocycles. The topological polar surface area (TPSA) is 35.5 Å². The summed E-state index contributed by atoms with van der Waals surface area (Å²) in [5, 5.41) is 0. The lowest BCUT2D eigenvalue weighted by atomic mass is 10.2. The lowest BCUT2D eigenvalue weighted by molar-refractivity contribution is 0.0595. The third-order valence-corrected chi connectivity index (χ3v) is 3.98. The molecule has 2 aromatic rings. The van der Waals surface area contributed by atoms with E-state index >= 15 is 0 Å². The van der Waals surface area contributed by atoms with E-state index in [1.54, 1.807) is 13.2 Å². The van der Waals surface area contributed by atoms with Gasteiger partial charge in [-0.2, -0.15) is 0 Å². The van der Waals surface area contributed by atoms with E-state index in [2.05, 4.69) is 4.74 Å². The first-order valence-electron chi connectivity index (χ1n) is 6.27. The van der Waals surface area contributed by atoms with E-state index in [0.717, 1.165) is 16.2 Å². The van der Waals surface area contributed by atoms with Gasteiger partial charge < -0.3 is 9.47 Å². The average molecular weight is 306 g/mol. The summed E-state index contributed by atoms with van der Waals surface area (Å²) in [5.41, 5.74) is 1.06. The van der Waals surface area contributed by atoms with Crippen molar-refractivity contribution in [3.63, 3.8) is 0 Å². The van der Waals surface area contributed by atoms with Crippen LogP contribution in [0.3, 0.4) is 0 Å². The maximum atomic E-state index is 13.8. The zero-order valence-corrected chi connectivity index (χ0v) is 12.6. The van der Waals surface area contributed by atoms with Crippen molar-refractivity contribution in [3.8, 4) is 5.75 Å². The van der Waals surface area contributed by atoms with Crippen LogP contribution in [0.1, 0.15) is 15.9 Å². The summed E-state index contributed by atoms with van der Waals surface area (Å²) in [6.45, 7) is 0. The van der Waals surface area contributed by atoms with Gasteiger partial charge in [-0.25, -0.2) is 9.18 Å². The highest BCUT2D eigenvalue weighted by Gasteiger charge is 2.12. The van der Waals surface area contributed by atoms with Crippen molar-refractivity contribution in [2.24, 2.45) is 0 Å². The summed E-state index contributed by atoms with van der Waals surface area (Å²) >= 11 is 1.50. The monoisotopic (exact) mass is 306 g/mol. The lowest BCUT2D eigenvalue weighted by Gasteiger charge is -2.06. The second kappa shape index (κ2) is 7.13. The zero-order valence-electron chi connectivity index (χ0n) is 11.8. The van der Waals surface area contributed by atoms with Gasteiger partial charge in [0.1, 0.15) is 11.6 Å². The van der Waals surface area contributed by atoms with E-state index in [1.165, 1.54) is 31.0 Å². The normalized spacial score (nSPS) is 10.2. The maximum absolute atomic E-state index is 13.8. The first-order chi connectivity index (χ1) is 10.1. The summed E-state index contributed by atoms with van der Waals surface area (Å²) in [7, 11) is 2.85. The average Bonchev–Trinajstić information content (AvgIpc) is 2.52. The number of hydrogen-bond acceptors (Lipinski definition) is 4. The van der Waals surface area contributed by atoms with Gasteiger partial charge in [-0.05, 0) is 35.9 Å². The van der Waals surface area contributed by atoms with E-state index in [1.807, 2.05) is 24.3 Å². The quantitative estimate of drug-likeness (QED) is 0.620. The van der Waals surface area contributed by atoms with Crippen molar-refractivity contribution < 1.29 is 18.7 Å². The van der Waals surface area contributed by atoms with Crippen LogP contribution in [0.15, 0.2) is 47.4 Å². The number of thioether (sulfide) groups is 1. The predicted octanol–water partition coefficient (Wildman–Crippen LogP) is 3.91. The Morgan fingerprint density at radius 3 is 2.43 bits per heavy atom. The molecule has 3 nitrogen and oxygen atoms in total. The smallest absolute Gasteiger partial charge is 0.340 e. The Kier molecular flexibility index (Phi) is 5.22. The molecule has 0 amide bonds. The van der Waals surface area contributed by atoms with Gasteiger partial charge in [0.05, 0.1) is 19.8 Å². The number of carbonyl (C=O) groups is 1. The van der Waals surface area contributed by atoms with Crippen LogP contribution >= 0.6 is 11.8 Å². The standard InChI is InChI=1S/C16H15FO3S/c1-19-12-5-3-11(4-6-12)10-21-13-7-8-14(15(17)9-13)16(18)20-2/h3-9H,10H2,1-2H3. The van der Waals surface area contributed by atoms with E-state index in [9.17, 15) is 9.18 Å². The Balaban J connectivity index is 2.03. The Morgan fingerprint density at radius 2 is 1.86 bits per heavy atom. The Labute approximate surface area is 127 Å². The minimum absolute atomic E-state index is 0.0497. The molecule has 0 saturated carbocycles. The Bertz CT molecular complexity index is 626. The molecule has 0 unspecified atom stereocenters. The summed E-state index contributed by atoms with van der Waals surface area (Å²) in [5.74, 6) is 0.277. The summed E-state index contributed by atoms with van der Waals surface area (Å²) in [4.78, 5) is 12.1. The van der Waals surface area contributed by atoms with Gasteiger partial charge in [0, 0.05) is 10.6 Å². The Hall–Kier alpha value is -2.01. The van der Waals surface area contributed by atoms with Gasteiger partial charge in [0.2, 0.25) is 0 Å². The number of esters is 1. The molecule has 0 fully saturated rings. The fraction of sp³-hybridized carbons (Fsp3) is 0.188. The van der Waals surface area contributed by atoms with Gasteiger partial charge in [0.15, 0.2) is 0 Å². The van der Waals surface area contributed by atoms with Gasteiger partial charge in [-0.3, -0.25) is 0 Å². The molecule has 0 aliphatic carbocycles. The highest BCUT2D eigenvalue weighted by atomic mass is 32.2. The molecule has 0 bridgehead atoms. The third kappa shape index (κ3) is 3.98. The van der Waals surface area contributed by atoms with Gasteiger partial charge in [-0.1, -0.05) is 12.1 Å². The Morgan fingerprint density at radius 1 is 1.14 bits per heavy atom. The SMILES string of the molecule is COC(=O)c1ccc(SCc2ccc(OC)cc2)cc1F. The van der Waals surface area contributed by atoms with Crippen LogP contribution in [0.2, 0.25) is 0 Å². The molecule has 0 radical (unpaired) electrons. The summed E-state index contributed by atoms with van der Waals surface area (Å²) < 4.78 is 23.4. The van der Waals surface area contributed by atoms with Crippen molar-refractivity contribution >= 4 is 17.7 Å². The van der Waals surface area contributed by atoms with Crippen LogP contribution in [0.4, 0.5) is 4.39 Å². The van der Waals surface area contributed by atoms with Gasteiger partial charge >= 0.3 is 5.97 Å². The van der Waals surface area contributed by atoms with E-state index < -0.39 is 11.8 Å². The summed E-state index contributed by atoms with van der Waals surface area (Å²) in [6, 6.07) is 12.2. The lowest BCUT2D eigenvalue weighted by Crippen LogP contribution is -2.04. The van der Waals surface area contributed by atoms with E-state index in [-0.39, 0.29) is 5.56 Å². The van der Waals surface area contributed by atoms with Gasteiger partial charge in [-0.15, -0.1) is 11.8 Å². The molecule has 0 N–H and O–H groups in total. The van der Waals surface area contributed by atoms with Gasteiger partial charge in [0.25, 0.3) is 0 Å². The van der Waals surface area contributed by atoms with Crippen molar-refractivity contribution in [3.05, 3.63) is 59.4 Å². The molecular formula is C16H15FO3S. The molecule has 5 heteroatoms.